The van der Waals surface area contributed by atoms with Crippen LogP contribution in [-0.4, -0.2) is 28.2 Å². The van der Waals surface area contributed by atoms with Crippen LogP contribution in [0.5, 0.6) is 0 Å². The van der Waals surface area contributed by atoms with Gasteiger partial charge in [0.25, 0.3) is 0 Å². The quantitative estimate of drug-likeness (QED) is 0.886. The van der Waals surface area contributed by atoms with Crippen LogP contribution in [0.3, 0.4) is 0 Å². The number of aromatic nitrogens is 2. The lowest BCUT2D eigenvalue weighted by molar-refractivity contribution is 0.343. The van der Waals surface area contributed by atoms with Gasteiger partial charge in [-0.25, -0.2) is 9.97 Å². The molecule has 0 amide bonds. The van der Waals surface area contributed by atoms with E-state index in [9.17, 15) is 0 Å². The summed E-state index contributed by atoms with van der Waals surface area (Å²) in [7, 11) is 0. The highest BCUT2D eigenvalue weighted by atomic mass is 16.2. The van der Waals surface area contributed by atoms with Gasteiger partial charge in [-0.15, -0.1) is 0 Å². The summed E-state index contributed by atoms with van der Waals surface area (Å²) in [5.74, 6) is 0.944. The Labute approximate surface area is 138 Å². The van der Waals surface area contributed by atoms with Crippen molar-refractivity contribution >= 4 is 11.9 Å². The third kappa shape index (κ3) is 5.83. The number of anilines is 1. The molecule has 2 aromatic rings. The predicted octanol–water partition coefficient (Wildman–Crippen LogP) is 3.53. The van der Waals surface area contributed by atoms with Gasteiger partial charge in [0, 0.05) is 19.3 Å². The molecular weight excluding hydrogens is 286 g/mol. The molecule has 0 saturated heterocycles. The fourth-order valence-electron chi connectivity index (χ4n) is 2.40. The molecular formula is C19H25N3O. The summed E-state index contributed by atoms with van der Waals surface area (Å²) in [6.45, 7) is 8.46. The summed E-state index contributed by atoms with van der Waals surface area (Å²) < 4.78 is 0. The maximum atomic E-state index is 8.83. The first kappa shape index (κ1) is 17.2. The maximum Gasteiger partial charge on any atom is 0.132 e. The van der Waals surface area contributed by atoms with Crippen LogP contribution in [0.1, 0.15) is 31.9 Å². The van der Waals surface area contributed by atoms with Gasteiger partial charge in [-0.05, 0) is 22.6 Å². The molecule has 4 heteroatoms. The molecule has 0 saturated carbocycles. The predicted molar refractivity (Wildman–Crippen MR) is 95.1 cm³/mol. The molecule has 0 spiro atoms. The zero-order valence-electron chi connectivity index (χ0n) is 14.1. The number of hydrogen-bond donors (Lipinski definition) is 1. The van der Waals surface area contributed by atoms with Crippen molar-refractivity contribution in [3.8, 4) is 0 Å². The van der Waals surface area contributed by atoms with E-state index < -0.39 is 0 Å². The van der Waals surface area contributed by atoms with E-state index in [1.54, 1.807) is 18.6 Å². The van der Waals surface area contributed by atoms with E-state index in [0.29, 0.717) is 0 Å². The largest absolute Gasteiger partial charge is 0.392 e. The first-order chi connectivity index (χ1) is 11.0. The number of hydrogen-bond acceptors (Lipinski definition) is 4. The molecule has 0 fully saturated rings. The number of benzene rings is 1. The average molecular weight is 311 g/mol. The van der Waals surface area contributed by atoms with Crippen LogP contribution in [0.4, 0.5) is 5.82 Å². The number of aliphatic hydroxyl groups is 1. The van der Waals surface area contributed by atoms with E-state index in [1.165, 1.54) is 5.56 Å². The van der Waals surface area contributed by atoms with Gasteiger partial charge < -0.3 is 10.0 Å². The molecule has 0 aliphatic heterocycles. The molecule has 1 aromatic carbocycles. The van der Waals surface area contributed by atoms with Crippen LogP contribution < -0.4 is 4.90 Å². The van der Waals surface area contributed by atoms with Gasteiger partial charge in [0.15, 0.2) is 0 Å². The normalized spacial score (nSPS) is 11.8. The van der Waals surface area contributed by atoms with Crippen molar-refractivity contribution in [1.29, 1.82) is 0 Å². The Bertz CT molecular complexity index is 615. The Kier molecular flexibility index (Phi) is 5.88. The standard InChI is InChI=1S/C19H25N3O/c1-19(2,3)14-22(18-10-11-20-15-21-18)13-17-8-6-16(7-9-17)5-4-12-23/h4-11,15,23H,12-14H2,1-3H3/b5-4+. The Balaban J connectivity index is 2.15. The zero-order chi connectivity index (χ0) is 16.7. The van der Waals surface area contributed by atoms with Crippen LogP contribution in [0, 0.1) is 5.41 Å². The van der Waals surface area contributed by atoms with Gasteiger partial charge in [0.05, 0.1) is 6.61 Å². The molecule has 1 N–H and O–H groups in total. The second kappa shape index (κ2) is 7.88. The van der Waals surface area contributed by atoms with Crippen molar-refractivity contribution in [3.05, 3.63) is 60.1 Å². The van der Waals surface area contributed by atoms with E-state index in [4.69, 9.17) is 5.11 Å². The van der Waals surface area contributed by atoms with E-state index in [2.05, 4.69) is 59.9 Å². The molecule has 0 unspecified atom stereocenters. The van der Waals surface area contributed by atoms with Crippen molar-refractivity contribution < 1.29 is 5.11 Å². The summed E-state index contributed by atoms with van der Waals surface area (Å²) in [5.41, 5.74) is 2.50. The van der Waals surface area contributed by atoms with E-state index in [1.807, 2.05) is 12.1 Å². The number of nitrogens with zero attached hydrogens (tertiary/aromatic N) is 3. The smallest absolute Gasteiger partial charge is 0.132 e. The maximum absolute atomic E-state index is 8.83. The average Bonchev–Trinajstić information content (AvgIpc) is 2.53. The fraction of sp³-hybridized carbons (Fsp3) is 0.368. The third-order valence-corrected chi connectivity index (χ3v) is 3.32. The molecule has 0 radical (unpaired) electrons. The van der Waals surface area contributed by atoms with E-state index >= 15 is 0 Å². The van der Waals surface area contributed by atoms with Crippen LogP contribution >= 0.6 is 0 Å². The minimum atomic E-state index is 0.0643. The second-order valence-electron chi connectivity index (χ2n) is 6.81. The van der Waals surface area contributed by atoms with Gasteiger partial charge in [-0.1, -0.05) is 57.2 Å². The summed E-state index contributed by atoms with van der Waals surface area (Å²) in [6.07, 6.45) is 7.03. The molecule has 122 valence electrons. The molecule has 1 heterocycles. The van der Waals surface area contributed by atoms with Crippen LogP contribution in [0.15, 0.2) is 48.9 Å². The highest BCUT2D eigenvalue weighted by molar-refractivity contribution is 5.50. The lowest BCUT2D eigenvalue weighted by atomic mass is 9.95. The monoisotopic (exact) mass is 311 g/mol. The lowest BCUT2D eigenvalue weighted by Gasteiger charge is -2.31. The minimum absolute atomic E-state index is 0.0643. The number of aliphatic hydroxyl groups excluding tert-OH is 1. The van der Waals surface area contributed by atoms with Crippen LogP contribution in [-0.2, 0) is 6.54 Å². The molecule has 0 atom stereocenters. The van der Waals surface area contributed by atoms with Crippen molar-refractivity contribution in [1.82, 2.24) is 9.97 Å². The number of rotatable bonds is 6. The lowest BCUT2D eigenvalue weighted by Crippen LogP contribution is -2.32. The summed E-state index contributed by atoms with van der Waals surface area (Å²) in [5, 5.41) is 8.83. The molecule has 0 aliphatic carbocycles. The summed E-state index contributed by atoms with van der Waals surface area (Å²) >= 11 is 0. The molecule has 2 rings (SSSR count). The molecule has 23 heavy (non-hydrogen) atoms. The van der Waals surface area contributed by atoms with Crippen molar-refractivity contribution in [2.45, 2.75) is 27.3 Å². The molecule has 0 aliphatic rings. The first-order valence-electron chi connectivity index (χ1n) is 7.85. The highest BCUT2D eigenvalue weighted by Crippen LogP contribution is 2.22. The summed E-state index contributed by atoms with van der Waals surface area (Å²) in [4.78, 5) is 10.7. The van der Waals surface area contributed by atoms with Gasteiger partial charge in [-0.2, -0.15) is 0 Å². The SMILES string of the molecule is CC(C)(C)CN(Cc1ccc(/C=C/CO)cc1)c1ccncn1. The van der Waals surface area contributed by atoms with Crippen molar-refractivity contribution in [3.63, 3.8) is 0 Å². The Morgan fingerprint density at radius 1 is 1.13 bits per heavy atom. The zero-order valence-corrected chi connectivity index (χ0v) is 14.1. The second-order valence-corrected chi connectivity index (χ2v) is 6.81. The van der Waals surface area contributed by atoms with Crippen LogP contribution in [0.25, 0.3) is 6.08 Å². The van der Waals surface area contributed by atoms with Gasteiger partial charge in [0.2, 0.25) is 0 Å². The third-order valence-electron chi connectivity index (χ3n) is 3.32. The fourth-order valence-corrected chi connectivity index (χ4v) is 2.40. The Morgan fingerprint density at radius 3 is 2.43 bits per heavy atom. The molecule has 4 nitrogen and oxygen atoms in total. The van der Waals surface area contributed by atoms with E-state index in [0.717, 1.165) is 24.5 Å². The van der Waals surface area contributed by atoms with Gasteiger partial charge >= 0.3 is 0 Å². The van der Waals surface area contributed by atoms with Gasteiger partial charge in [0.1, 0.15) is 12.1 Å². The first-order valence-corrected chi connectivity index (χ1v) is 7.85. The summed E-state index contributed by atoms with van der Waals surface area (Å²) in [6, 6.07) is 10.3. The van der Waals surface area contributed by atoms with Crippen molar-refractivity contribution in [2.75, 3.05) is 18.1 Å². The Hall–Kier alpha value is -2.20. The van der Waals surface area contributed by atoms with E-state index in [-0.39, 0.29) is 12.0 Å². The van der Waals surface area contributed by atoms with Crippen molar-refractivity contribution in [2.24, 2.45) is 5.41 Å². The molecule has 0 bridgehead atoms. The highest BCUT2D eigenvalue weighted by Gasteiger charge is 2.18. The van der Waals surface area contributed by atoms with Gasteiger partial charge in [-0.3, -0.25) is 0 Å². The molecule has 1 aromatic heterocycles. The Morgan fingerprint density at radius 2 is 1.87 bits per heavy atom. The van der Waals surface area contributed by atoms with Crippen LogP contribution in [0.2, 0.25) is 0 Å². The topological polar surface area (TPSA) is 49.2 Å². The minimum Gasteiger partial charge on any atom is -0.392 e.